The minimum Gasteiger partial charge on any atom is -0.238 e. The Kier molecular flexibility index (Phi) is 25.4. The second-order valence-corrected chi connectivity index (χ2v) is 8.68. The van der Waals surface area contributed by atoms with Gasteiger partial charge in [0.15, 0.2) is 34.1 Å². The van der Waals surface area contributed by atoms with Gasteiger partial charge in [-0.15, -0.1) is 0 Å². The number of nitrogens with zero attached hydrogens (tertiary/aromatic N) is 6. The fraction of sp³-hybridized carbons (Fsp3) is 0. The van der Waals surface area contributed by atoms with Gasteiger partial charge in [-0.2, -0.15) is 0 Å². The van der Waals surface area contributed by atoms with Gasteiger partial charge in [-0.05, 0) is 0 Å². The van der Waals surface area contributed by atoms with Crippen LogP contribution >= 0.6 is 0 Å². The average Bonchev–Trinajstić information content (AvgIpc) is 3.21. The van der Waals surface area contributed by atoms with Crippen molar-refractivity contribution >= 4 is 34.1 Å². The van der Waals surface area contributed by atoms with Crippen molar-refractivity contribution in [1.82, 2.24) is 0 Å². The fourth-order valence-electron chi connectivity index (χ4n) is 3.02. The van der Waals surface area contributed by atoms with E-state index in [0.29, 0.717) is 34.1 Å². The molecule has 0 saturated heterocycles. The van der Waals surface area contributed by atoms with E-state index in [4.69, 9.17) is 39.4 Å². The van der Waals surface area contributed by atoms with E-state index < -0.39 is 0 Å². The summed E-state index contributed by atoms with van der Waals surface area (Å²) in [4.78, 5) is 19.3. The number of hydrogen-bond donors (Lipinski definition) is 0. The van der Waals surface area contributed by atoms with Crippen LogP contribution in [0.25, 0.3) is 29.1 Å². The monoisotopic (exact) mass is 802 g/mol. The van der Waals surface area contributed by atoms with Crippen LogP contribution < -0.4 is 0 Å². The Hall–Kier alpha value is -7.05. The minimum absolute atomic E-state index is 0. The van der Waals surface area contributed by atoms with Crippen molar-refractivity contribution < 1.29 is 21.1 Å². The first-order valence-corrected chi connectivity index (χ1v) is 14.1. The predicted molar refractivity (Wildman–Crippen MR) is 196 cm³/mol. The molecule has 6 nitrogen and oxygen atoms in total. The molecule has 0 aliphatic rings. The third-order valence-corrected chi connectivity index (χ3v) is 5.31. The predicted octanol–water partition coefficient (Wildman–Crippen LogP) is 13.4. The van der Waals surface area contributed by atoms with Crippen LogP contribution in [0.3, 0.4) is 0 Å². The zero-order valence-corrected chi connectivity index (χ0v) is 29.3. The summed E-state index contributed by atoms with van der Waals surface area (Å²) in [5.74, 6) is 0. The van der Waals surface area contributed by atoms with E-state index in [1.807, 2.05) is 109 Å². The van der Waals surface area contributed by atoms with E-state index in [0.717, 1.165) is 0 Å². The van der Waals surface area contributed by atoms with Crippen molar-refractivity contribution in [2.75, 3.05) is 0 Å². The zero-order valence-electron chi connectivity index (χ0n) is 26.4. The van der Waals surface area contributed by atoms with Crippen LogP contribution in [0.1, 0.15) is 0 Å². The summed E-state index contributed by atoms with van der Waals surface area (Å²) in [6, 6.07) is 55.1. The van der Waals surface area contributed by atoms with E-state index >= 15 is 0 Å². The molecule has 6 aromatic rings. The van der Waals surface area contributed by atoms with Crippen LogP contribution in [0.5, 0.6) is 0 Å². The molecule has 0 aliphatic heterocycles. The van der Waals surface area contributed by atoms with Crippen molar-refractivity contribution in [2.45, 2.75) is 0 Å². The molecule has 0 bridgehead atoms. The molecule has 0 fully saturated rings. The number of rotatable bonds is 0. The van der Waals surface area contributed by atoms with Crippen LogP contribution in [-0.2, 0) is 21.1 Å². The Bertz CT molecular complexity index is 1560. The Balaban J connectivity index is 0.000000562. The van der Waals surface area contributed by atoms with Gasteiger partial charge in [0.25, 0.3) is 0 Å². The molecule has 0 atom stereocenters. The average molecular weight is 803 g/mol. The van der Waals surface area contributed by atoms with E-state index in [2.05, 4.69) is 29.1 Å². The molecular formula is C42H30N6W. The molecule has 6 aromatic carbocycles. The largest absolute Gasteiger partial charge is 0.238 e. The maximum Gasteiger partial charge on any atom is 0.187 e. The molecule has 0 saturated carbocycles. The van der Waals surface area contributed by atoms with Gasteiger partial charge in [-0.1, -0.05) is 182 Å². The number of hydrogen-bond acceptors (Lipinski definition) is 0. The molecule has 7 heteroatoms. The molecule has 0 amide bonds. The molecule has 0 aliphatic carbocycles. The maximum absolute atomic E-state index is 6.57. The summed E-state index contributed by atoms with van der Waals surface area (Å²) in [6.45, 7) is 39.4. The van der Waals surface area contributed by atoms with E-state index in [1.165, 1.54) is 0 Å². The summed E-state index contributed by atoms with van der Waals surface area (Å²) in [7, 11) is 0. The van der Waals surface area contributed by atoms with Gasteiger partial charge < -0.3 is 0 Å². The summed E-state index contributed by atoms with van der Waals surface area (Å²) >= 11 is 0. The zero-order chi connectivity index (χ0) is 34.9. The van der Waals surface area contributed by atoms with Crippen LogP contribution in [-0.4, -0.2) is 0 Å². The molecular weight excluding hydrogens is 772 g/mol. The Morgan fingerprint density at radius 3 is 0.367 bits per heavy atom. The van der Waals surface area contributed by atoms with Gasteiger partial charge in [0.1, 0.15) is 0 Å². The van der Waals surface area contributed by atoms with Crippen LogP contribution in [0.15, 0.2) is 182 Å². The minimum atomic E-state index is 0. The van der Waals surface area contributed by atoms with Crippen molar-refractivity contribution in [1.29, 1.82) is 0 Å². The van der Waals surface area contributed by atoms with Crippen molar-refractivity contribution in [3.63, 3.8) is 0 Å². The van der Waals surface area contributed by atoms with Crippen LogP contribution in [0.2, 0.25) is 0 Å². The van der Waals surface area contributed by atoms with Crippen LogP contribution in [0, 0.1) is 39.4 Å². The topological polar surface area (TPSA) is 26.2 Å². The summed E-state index contributed by atoms with van der Waals surface area (Å²) in [6.07, 6.45) is 0. The second kappa shape index (κ2) is 29.6. The third kappa shape index (κ3) is 22.2. The van der Waals surface area contributed by atoms with Gasteiger partial charge in [-0.25, -0.2) is 29.1 Å². The quantitative estimate of drug-likeness (QED) is 0.137. The van der Waals surface area contributed by atoms with Crippen molar-refractivity contribution in [3.05, 3.63) is 250 Å². The van der Waals surface area contributed by atoms with Gasteiger partial charge in [-0.3, -0.25) is 0 Å². The summed E-state index contributed by atoms with van der Waals surface area (Å²) in [5, 5.41) is 0. The van der Waals surface area contributed by atoms with Gasteiger partial charge in [0, 0.05) is 21.1 Å². The number of benzene rings is 6. The molecule has 0 radical (unpaired) electrons. The summed E-state index contributed by atoms with van der Waals surface area (Å²) in [5.41, 5.74) is 4.21. The van der Waals surface area contributed by atoms with Crippen molar-refractivity contribution in [3.8, 4) is 0 Å². The number of para-hydroxylation sites is 6. The molecule has 49 heavy (non-hydrogen) atoms. The van der Waals surface area contributed by atoms with Gasteiger partial charge in [0.2, 0.25) is 0 Å². The smallest absolute Gasteiger partial charge is 0.187 e. The standard InChI is InChI=1S/6C7H5N.W/c6*1-8-7-5-3-2-4-6-7;/h6*2-6H;. The fourth-order valence-corrected chi connectivity index (χ4v) is 3.02. The van der Waals surface area contributed by atoms with E-state index in [9.17, 15) is 0 Å². The summed E-state index contributed by atoms with van der Waals surface area (Å²) < 4.78 is 0. The maximum atomic E-state index is 6.57. The molecule has 0 unspecified atom stereocenters. The SMILES string of the molecule is [C-]#[N+]c1ccccc1.[C-]#[N+]c1ccccc1.[C-]#[N+]c1ccccc1.[C-]#[N+]c1ccccc1.[C-]#[N+]c1ccccc1.[C-]#[N+]c1ccccc1.[W]. The molecule has 234 valence electrons. The van der Waals surface area contributed by atoms with E-state index in [1.54, 1.807) is 72.8 Å². The third-order valence-electron chi connectivity index (χ3n) is 5.31. The molecule has 0 heterocycles. The first-order valence-electron chi connectivity index (χ1n) is 14.1. The Labute approximate surface area is 304 Å². The normalized spacial score (nSPS) is 7.71. The first-order chi connectivity index (χ1) is 23.6. The van der Waals surface area contributed by atoms with Gasteiger partial charge in [0.05, 0.1) is 39.4 Å². The van der Waals surface area contributed by atoms with E-state index in [-0.39, 0.29) is 21.1 Å². The second-order valence-electron chi connectivity index (χ2n) is 8.68. The molecule has 0 spiro atoms. The van der Waals surface area contributed by atoms with Crippen molar-refractivity contribution in [2.24, 2.45) is 0 Å². The Morgan fingerprint density at radius 1 is 0.204 bits per heavy atom. The molecule has 6 rings (SSSR count). The molecule has 0 N–H and O–H groups in total. The molecule has 0 aromatic heterocycles. The van der Waals surface area contributed by atoms with Crippen LogP contribution in [0.4, 0.5) is 34.1 Å². The first kappa shape index (κ1) is 41.9. The van der Waals surface area contributed by atoms with Gasteiger partial charge >= 0.3 is 0 Å². The Morgan fingerprint density at radius 2 is 0.306 bits per heavy atom.